The first-order valence-corrected chi connectivity index (χ1v) is 11.9. The van der Waals surface area contributed by atoms with Crippen LogP contribution in [0.15, 0.2) is 71.1 Å². The average molecular weight is 499 g/mol. The van der Waals surface area contributed by atoms with Gasteiger partial charge in [-0.25, -0.2) is 4.39 Å². The molecule has 0 fully saturated rings. The van der Waals surface area contributed by atoms with Gasteiger partial charge >= 0.3 is 0 Å². The van der Waals surface area contributed by atoms with Gasteiger partial charge in [0.05, 0.1) is 17.3 Å². The number of likely N-dealkylation sites (N-methyl/N-ethyl adjacent to an activating group) is 1. The second-order valence-electron chi connectivity index (χ2n) is 9.07. The number of fused-ring (bicyclic) bond motifs is 3. The summed E-state index contributed by atoms with van der Waals surface area (Å²) in [5.74, 6) is -0.339. The van der Waals surface area contributed by atoms with Gasteiger partial charge in [-0.2, -0.15) is 0 Å². The largest absolute Gasteiger partial charge is 0.489 e. The number of hydrogen-bond donors (Lipinski definition) is 1. The molecule has 1 aliphatic carbocycles. The van der Waals surface area contributed by atoms with Crippen molar-refractivity contribution in [2.45, 2.75) is 25.5 Å². The van der Waals surface area contributed by atoms with Crippen LogP contribution >= 0.6 is 0 Å². The highest BCUT2D eigenvalue weighted by molar-refractivity contribution is 5.99. The quantitative estimate of drug-likeness (QED) is 0.448. The molecular weight excluding hydrogens is 475 g/mol. The molecule has 2 aromatic carbocycles. The summed E-state index contributed by atoms with van der Waals surface area (Å²) >= 11 is 0. The Morgan fingerprint density at radius 2 is 2.00 bits per heavy atom. The number of rotatable bonds is 5. The number of amides is 2. The van der Waals surface area contributed by atoms with E-state index in [2.05, 4.69) is 15.3 Å². The number of nitrogens with zero attached hydrogens (tertiary/aromatic N) is 3. The van der Waals surface area contributed by atoms with Gasteiger partial charge in [0.2, 0.25) is 5.91 Å². The van der Waals surface area contributed by atoms with Crippen LogP contribution in [-0.2, 0) is 17.8 Å². The van der Waals surface area contributed by atoms with Crippen molar-refractivity contribution in [2.24, 2.45) is 0 Å². The Morgan fingerprint density at radius 1 is 1.16 bits per heavy atom. The Bertz CT molecular complexity index is 1580. The second-order valence-corrected chi connectivity index (χ2v) is 9.07. The molecule has 37 heavy (non-hydrogen) atoms. The van der Waals surface area contributed by atoms with Crippen LogP contribution in [0.2, 0.25) is 0 Å². The third kappa shape index (κ3) is 4.02. The number of halogens is 1. The van der Waals surface area contributed by atoms with Gasteiger partial charge < -0.3 is 19.4 Å². The van der Waals surface area contributed by atoms with Gasteiger partial charge in [-0.3, -0.25) is 19.6 Å². The van der Waals surface area contributed by atoms with Crippen molar-refractivity contribution in [3.05, 3.63) is 95.0 Å². The molecule has 1 N–H and O–H groups in total. The lowest BCUT2D eigenvalue weighted by Gasteiger charge is -2.35. The molecule has 1 aliphatic heterocycles. The highest BCUT2D eigenvalue weighted by Crippen LogP contribution is 2.42. The lowest BCUT2D eigenvalue weighted by Crippen LogP contribution is -2.51. The molecule has 0 saturated heterocycles. The van der Waals surface area contributed by atoms with E-state index in [4.69, 9.17) is 9.15 Å². The molecule has 0 spiro atoms. The molecule has 4 aromatic rings. The zero-order chi connectivity index (χ0) is 25.5. The van der Waals surface area contributed by atoms with E-state index in [0.29, 0.717) is 28.8 Å². The molecule has 8 nitrogen and oxygen atoms in total. The summed E-state index contributed by atoms with van der Waals surface area (Å²) in [4.78, 5) is 36.6. The number of aromatic nitrogens is 2. The molecule has 9 heteroatoms. The van der Waals surface area contributed by atoms with E-state index in [1.165, 1.54) is 24.3 Å². The Morgan fingerprint density at radius 3 is 2.84 bits per heavy atom. The molecule has 2 amide bonds. The Labute approximate surface area is 211 Å². The Kier molecular flexibility index (Phi) is 5.67. The number of hydrogen-bond acceptors (Lipinski definition) is 6. The normalized spacial score (nSPS) is 16.5. The Hall–Kier alpha value is -4.53. The van der Waals surface area contributed by atoms with Gasteiger partial charge in [0, 0.05) is 49.6 Å². The summed E-state index contributed by atoms with van der Waals surface area (Å²) in [6, 6.07) is 11.3. The maximum absolute atomic E-state index is 14.7. The fourth-order valence-corrected chi connectivity index (χ4v) is 5.16. The summed E-state index contributed by atoms with van der Waals surface area (Å²) in [5, 5.41) is 2.64. The molecule has 186 valence electrons. The zero-order valence-electron chi connectivity index (χ0n) is 20.0. The summed E-state index contributed by atoms with van der Waals surface area (Å²) in [6.07, 6.45) is 5.45. The van der Waals surface area contributed by atoms with Crippen molar-refractivity contribution in [2.75, 3.05) is 13.6 Å². The number of ether oxygens (including phenoxy) is 1. The van der Waals surface area contributed by atoms with Crippen LogP contribution in [0, 0.1) is 5.82 Å². The smallest absolute Gasteiger partial charge is 0.290 e. The van der Waals surface area contributed by atoms with Gasteiger partial charge in [0.1, 0.15) is 24.2 Å². The van der Waals surface area contributed by atoms with Crippen molar-refractivity contribution < 1.29 is 23.1 Å². The second kappa shape index (κ2) is 9.16. The monoisotopic (exact) mass is 498 g/mol. The summed E-state index contributed by atoms with van der Waals surface area (Å²) in [6.45, 7) is 0.303. The predicted molar refractivity (Wildman–Crippen MR) is 133 cm³/mol. The van der Waals surface area contributed by atoms with Gasteiger partial charge in [-0.1, -0.05) is 12.1 Å². The first kappa shape index (κ1) is 22.9. The topological polar surface area (TPSA) is 97.6 Å². The number of carbonyl (C=O) groups excluding carboxylic acids is 2. The van der Waals surface area contributed by atoms with Crippen LogP contribution in [0.25, 0.3) is 16.6 Å². The minimum Gasteiger partial charge on any atom is -0.489 e. The van der Waals surface area contributed by atoms with Crippen molar-refractivity contribution in [3.63, 3.8) is 0 Å². The lowest BCUT2D eigenvalue weighted by atomic mass is 9.92. The van der Waals surface area contributed by atoms with E-state index in [1.807, 2.05) is 12.1 Å². The highest BCUT2D eigenvalue weighted by Gasteiger charge is 2.40. The number of furan rings is 1. The molecule has 6 rings (SSSR count). The highest BCUT2D eigenvalue weighted by atomic mass is 19.1. The van der Waals surface area contributed by atoms with E-state index in [0.717, 1.165) is 22.2 Å². The van der Waals surface area contributed by atoms with Crippen LogP contribution in [0.5, 0.6) is 5.75 Å². The number of nitrogens with one attached hydrogen (secondary N) is 1. The third-order valence-corrected chi connectivity index (χ3v) is 6.95. The minimum atomic E-state index is -0.792. The van der Waals surface area contributed by atoms with E-state index in [9.17, 15) is 14.0 Å². The van der Waals surface area contributed by atoms with Crippen molar-refractivity contribution in [1.82, 2.24) is 20.2 Å². The van der Waals surface area contributed by atoms with Gasteiger partial charge in [0.15, 0.2) is 5.76 Å². The summed E-state index contributed by atoms with van der Waals surface area (Å²) in [5.41, 5.74) is 5.20. The minimum absolute atomic E-state index is 0.0897. The fraction of sp³-hybridized carbons (Fsp3) is 0.214. The molecule has 2 aromatic heterocycles. The van der Waals surface area contributed by atoms with Crippen LogP contribution < -0.4 is 10.1 Å². The standard InChI is InChI=1S/C28H23FN4O4/c1-30-27(34)24-13-20-18(11-16-3-2-4-21(29)25(16)20)14-33(24)28(35)26-17(7-10-36-26)15-37-19-5-6-22-23(12-19)32-9-8-31-22/h2-10,12,24H,11,13-15H2,1H3,(H,30,34)/t24-/m1/s1. The molecular formula is C28H23FN4O4. The van der Waals surface area contributed by atoms with E-state index in [-0.39, 0.29) is 37.1 Å². The summed E-state index contributed by atoms with van der Waals surface area (Å²) in [7, 11) is 1.53. The van der Waals surface area contributed by atoms with Crippen molar-refractivity contribution in [1.29, 1.82) is 0 Å². The van der Waals surface area contributed by atoms with Gasteiger partial charge in [0.25, 0.3) is 5.91 Å². The molecule has 0 radical (unpaired) electrons. The van der Waals surface area contributed by atoms with Gasteiger partial charge in [-0.05, 0) is 47.4 Å². The van der Waals surface area contributed by atoms with Crippen LogP contribution in [0.3, 0.4) is 0 Å². The van der Waals surface area contributed by atoms with E-state index >= 15 is 0 Å². The van der Waals surface area contributed by atoms with Gasteiger partial charge in [-0.15, -0.1) is 0 Å². The molecule has 1 atom stereocenters. The average Bonchev–Trinajstić information content (AvgIpc) is 3.55. The maximum Gasteiger partial charge on any atom is 0.290 e. The first-order chi connectivity index (χ1) is 18.0. The van der Waals surface area contributed by atoms with Crippen LogP contribution in [0.1, 0.15) is 33.7 Å². The van der Waals surface area contributed by atoms with E-state index in [1.54, 1.807) is 36.7 Å². The van der Waals surface area contributed by atoms with Crippen molar-refractivity contribution >= 4 is 28.4 Å². The number of benzene rings is 2. The van der Waals surface area contributed by atoms with E-state index < -0.39 is 11.9 Å². The SMILES string of the molecule is CNC(=O)[C@H]1CC2=C(Cc3cccc(F)c32)CN1C(=O)c1occc1COc1ccc2nccnc2c1. The maximum atomic E-state index is 14.7. The predicted octanol–water partition coefficient (Wildman–Crippen LogP) is 3.91. The molecule has 3 heterocycles. The molecule has 0 unspecified atom stereocenters. The van der Waals surface area contributed by atoms with Crippen molar-refractivity contribution in [3.8, 4) is 5.75 Å². The Balaban J connectivity index is 1.26. The molecule has 2 aliphatic rings. The third-order valence-electron chi connectivity index (χ3n) is 6.95. The zero-order valence-corrected chi connectivity index (χ0v) is 20.0. The lowest BCUT2D eigenvalue weighted by molar-refractivity contribution is -0.125. The molecule has 0 saturated carbocycles. The van der Waals surface area contributed by atoms with Crippen LogP contribution in [-0.4, -0.2) is 46.3 Å². The molecule has 0 bridgehead atoms. The number of carbonyl (C=O) groups is 2. The fourth-order valence-electron chi connectivity index (χ4n) is 5.16. The summed E-state index contributed by atoms with van der Waals surface area (Å²) < 4.78 is 26.2. The first-order valence-electron chi connectivity index (χ1n) is 11.9. The van der Waals surface area contributed by atoms with Crippen LogP contribution in [0.4, 0.5) is 4.39 Å².